The molecule has 1 saturated heterocycles. The molecule has 1 radical (unpaired) electrons. The van der Waals surface area contributed by atoms with Gasteiger partial charge in [-0.2, -0.15) is 0 Å². The van der Waals surface area contributed by atoms with Crippen molar-refractivity contribution in [1.29, 1.82) is 0 Å². The van der Waals surface area contributed by atoms with Crippen molar-refractivity contribution in [1.82, 2.24) is 9.55 Å². The minimum absolute atomic E-state index is 0.308. The number of aliphatic hydroxyl groups is 3. The number of rotatable bonds is 4. The Morgan fingerprint density at radius 2 is 1.96 bits per heavy atom. The maximum Gasteiger partial charge on any atom is 0.165 e. The topological polar surface area (TPSA) is 114 Å². The van der Waals surface area contributed by atoms with E-state index in [1.54, 1.807) is 6.42 Å². The highest BCUT2D eigenvalue weighted by Crippen LogP contribution is 2.32. The van der Waals surface area contributed by atoms with Gasteiger partial charge in [0, 0.05) is 10.9 Å². The second kappa shape index (κ2) is 6.58. The first-order valence-electron chi connectivity index (χ1n) is 7.06. The Labute approximate surface area is 141 Å². The van der Waals surface area contributed by atoms with Crippen LogP contribution in [0.4, 0.5) is 5.82 Å². The standard InChI is InChI=1S/C15H17BrN3O4/c16-9-3-1-8(2-4-9)5-10-14(17)19(7-18-10)15-13(22)12(21)11(6-20)23-15/h1-5,7,11-13,15,20-22H,6,17H2/t11-,12-,13-,15-/m1/s1. The summed E-state index contributed by atoms with van der Waals surface area (Å²) in [6, 6.07) is 7.64. The van der Waals surface area contributed by atoms with Crippen molar-refractivity contribution >= 4 is 21.7 Å². The lowest BCUT2D eigenvalue weighted by atomic mass is 10.1. The molecule has 2 aromatic rings. The Balaban J connectivity index is 1.81. The molecule has 0 unspecified atom stereocenters. The van der Waals surface area contributed by atoms with Gasteiger partial charge in [-0.3, -0.25) is 4.57 Å². The number of hydrogen-bond donors (Lipinski definition) is 4. The molecule has 1 aromatic heterocycles. The molecule has 8 heteroatoms. The number of aliphatic hydroxyl groups excluding tert-OH is 3. The summed E-state index contributed by atoms with van der Waals surface area (Å²) >= 11 is 3.37. The zero-order valence-electron chi connectivity index (χ0n) is 12.1. The summed E-state index contributed by atoms with van der Waals surface area (Å²) in [6.07, 6.45) is -0.854. The van der Waals surface area contributed by atoms with Crippen LogP contribution in [0.3, 0.4) is 0 Å². The van der Waals surface area contributed by atoms with E-state index in [1.807, 2.05) is 24.3 Å². The van der Waals surface area contributed by atoms with E-state index < -0.39 is 24.5 Å². The molecule has 1 fully saturated rings. The molecular weight excluding hydrogens is 366 g/mol. The highest BCUT2D eigenvalue weighted by molar-refractivity contribution is 9.10. The fraction of sp³-hybridized carbons (Fsp3) is 0.333. The van der Waals surface area contributed by atoms with Crippen LogP contribution < -0.4 is 5.73 Å². The molecular formula is C15H17BrN3O4. The summed E-state index contributed by atoms with van der Waals surface area (Å²) < 4.78 is 7.88. The normalized spacial score (nSPS) is 27.5. The second-order valence-corrected chi connectivity index (χ2v) is 6.26. The summed E-state index contributed by atoms with van der Waals surface area (Å²) in [5.41, 5.74) is 7.54. The molecule has 0 saturated carbocycles. The van der Waals surface area contributed by atoms with Gasteiger partial charge in [0.25, 0.3) is 0 Å². The summed E-state index contributed by atoms with van der Waals surface area (Å²) in [5, 5.41) is 29.0. The number of benzene rings is 1. The third kappa shape index (κ3) is 3.13. The molecule has 0 bridgehead atoms. The van der Waals surface area contributed by atoms with Gasteiger partial charge >= 0.3 is 0 Å². The molecule has 4 atom stereocenters. The first kappa shape index (κ1) is 16.4. The minimum atomic E-state index is -1.19. The molecule has 1 aliphatic heterocycles. The van der Waals surface area contributed by atoms with E-state index in [0.29, 0.717) is 11.5 Å². The van der Waals surface area contributed by atoms with Crippen LogP contribution in [0.15, 0.2) is 35.1 Å². The van der Waals surface area contributed by atoms with Gasteiger partial charge in [-0.25, -0.2) is 4.98 Å². The van der Waals surface area contributed by atoms with Gasteiger partial charge in [-0.15, -0.1) is 0 Å². The van der Waals surface area contributed by atoms with Gasteiger partial charge in [0.05, 0.1) is 18.6 Å². The lowest BCUT2D eigenvalue weighted by molar-refractivity contribution is -0.0518. The smallest absolute Gasteiger partial charge is 0.165 e. The molecule has 0 amide bonds. The zero-order valence-corrected chi connectivity index (χ0v) is 13.7. The maximum absolute atomic E-state index is 10.1. The Kier molecular flexibility index (Phi) is 4.69. The number of ether oxygens (including phenoxy) is 1. The van der Waals surface area contributed by atoms with Crippen molar-refractivity contribution in [3.63, 3.8) is 0 Å². The lowest BCUT2D eigenvalue weighted by Gasteiger charge is -2.17. The minimum Gasteiger partial charge on any atom is -0.394 e. The second-order valence-electron chi connectivity index (χ2n) is 5.35. The quantitative estimate of drug-likeness (QED) is 0.610. The Morgan fingerprint density at radius 1 is 1.26 bits per heavy atom. The number of nitrogens with zero attached hydrogens (tertiary/aromatic N) is 2. The molecule has 5 N–H and O–H groups in total. The van der Waals surface area contributed by atoms with Crippen molar-refractivity contribution in [2.45, 2.75) is 24.5 Å². The van der Waals surface area contributed by atoms with Crippen molar-refractivity contribution < 1.29 is 20.1 Å². The van der Waals surface area contributed by atoms with E-state index >= 15 is 0 Å². The molecule has 1 aromatic carbocycles. The van der Waals surface area contributed by atoms with Crippen molar-refractivity contribution in [3.05, 3.63) is 52.7 Å². The van der Waals surface area contributed by atoms with Gasteiger partial charge in [0.1, 0.15) is 24.1 Å². The van der Waals surface area contributed by atoms with Gasteiger partial charge in [-0.05, 0) is 17.7 Å². The van der Waals surface area contributed by atoms with Crippen LogP contribution in [-0.2, 0) is 4.74 Å². The Bertz CT molecular complexity index is 676. The zero-order chi connectivity index (χ0) is 16.6. The molecule has 23 heavy (non-hydrogen) atoms. The molecule has 7 nitrogen and oxygen atoms in total. The molecule has 123 valence electrons. The van der Waals surface area contributed by atoms with E-state index in [1.165, 1.54) is 10.9 Å². The first-order valence-corrected chi connectivity index (χ1v) is 7.85. The number of aromatic nitrogens is 2. The summed E-state index contributed by atoms with van der Waals surface area (Å²) in [6.45, 7) is -0.388. The predicted octanol–water partition coefficient (Wildman–Crippen LogP) is 0.440. The van der Waals surface area contributed by atoms with Crippen molar-refractivity contribution in [2.75, 3.05) is 12.3 Å². The largest absolute Gasteiger partial charge is 0.394 e. The highest BCUT2D eigenvalue weighted by atomic mass is 79.9. The average molecular weight is 383 g/mol. The summed E-state index contributed by atoms with van der Waals surface area (Å²) in [4.78, 5) is 4.22. The first-order chi connectivity index (χ1) is 11.0. The van der Waals surface area contributed by atoms with Crippen LogP contribution in [-0.4, -0.2) is 49.8 Å². The van der Waals surface area contributed by atoms with Crippen LogP contribution >= 0.6 is 15.9 Å². The predicted molar refractivity (Wildman–Crippen MR) is 86.3 cm³/mol. The van der Waals surface area contributed by atoms with E-state index in [-0.39, 0.29) is 6.61 Å². The maximum atomic E-state index is 10.1. The third-order valence-corrected chi connectivity index (χ3v) is 4.36. The van der Waals surface area contributed by atoms with Crippen LogP contribution in [0.5, 0.6) is 0 Å². The fourth-order valence-corrected chi connectivity index (χ4v) is 2.79. The summed E-state index contributed by atoms with van der Waals surface area (Å²) in [5.74, 6) is 0.308. The SMILES string of the molecule is Nc1c([CH]c2ccc(Br)cc2)ncn1[C@@H]1O[C@H](CO)[C@@H](O)[C@H]1O. The molecule has 0 aliphatic carbocycles. The van der Waals surface area contributed by atoms with E-state index in [2.05, 4.69) is 20.9 Å². The molecule has 3 rings (SSSR count). The number of anilines is 1. The molecule has 0 spiro atoms. The van der Waals surface area contributed by atoms with Crippen molar-refractivity contribution in [2.24, 2.45) is 0 Å². The highest BCUT2D eigenvalue weighted by Gasteiger charge is 2.44. The lowest BCUT2D eigenvalue weighted by Crippen LogP contribution is -2.33. The number of hydrogen-bond acceptors (Lipinski definition) is 6. The van der Waals surface area contributed by atoms with Crippen LogP contribution in [0.1, 0.15) is 17.5 Å². The Morgan fingerprint density at radius 3 is 2.57 bits per heavy atom. The fourth-order valence-electron chi connectivity index (χ4n) is 2.53. The number of halogens is 1. The van der Waals surface area contributed by atoms with E-state index in [4.69, 9.17) is 15.6 Å². The third-order valence-electron chi connectivity index (χ3n) is 3.83. The number of imidazole rings is 1. The van der Waals surface area contributed by atoms with Crippen LogP contribution in [0, 0.1) is 6.42 Å². The van der Waals surface area contributed by atoms with Crippen molar-refractivity contribution in [3.8, 4) is 0 Å². The van der Waals surface area contributed by atoms with Crippen LogP contribution in [0.2, 0.25) is 0 Å². The molecule has 1 aliphatic rings. The number of nitrogens with two attached hydrogens (primary N) is 1. The summed E-state index contributed by atoms with van der Waals surface area (Å²) in [7, 11) is 0. The number of nitrogen functional groups attached to an aromatic ring is 1. The van der Waals surface area contributed by atoms with Crippen LogP contribution in [0.25, 0.3) is 0 Å². The Hall–Kier alpha value is -1.45. The van der Waals surface area contributed by atoms with Gasteiger partial charge in [-0.1, -0.05) is 28.1 Å². The van der Waals surface area contributed by atoms with E-state index in [0.717, 1.165) is 10.0 Å². The van der Waals surface area contributed by atoms with Gasteiger partial charge < -0.3 is 25.8 Å². The van der Waals surface area contributed by atoms with Gasteiger partial charge in [0.2, 0.25) is 0 Å². The monoisotopic (exact) mass is 382 g/mol. The van der Waals surface area contributed by atoms with E-state index in [9.17, 15) is 10.2 Å². The molecule has 2 heterocycles. The van der Waals surface area contributed by atoms with Gasteiger partial charge in [0.15, 0.2) is 6.23 Å². The average Bonchev–Trinajstić information content (AvgIpc) is 3.03.